The molecule has 2 rings (SSSR count). The van der Waals surface area contributed by atoms with Crippen LogP contribution in [0.4, 0.5) is 4.39 Å². The quantitative estimate of drug-likeness (QED) is 0.510. The Morgan fingerprint density at radius 1 is 1.11 bits per heavy atom. The maximum atomic E-state index is 13.5. The van der Waals surface area contributed by atoms with Crippen LogP contribution >= 0.6 is 12.2 Å². The first-order chi connectivity index (χ1) is 13.4. The number of hydrogen-bond acceptors (Lipinski definition) is 4. The lowest BCUT2D eigenvalue weighted by atomic mass is 9.99. The Bertz CT molecular complexity index is 843. The van der Waals surface area contributed by atoms with E-state index in [2.05, 4.69) is 30.0 Å². The van der Waals surface area contributed by atoms with Crippen molar-refractivity contribution in [2.45, 2.75) is 26.2 Å². The third kappa shape index (κ3) is 6.31. The number of carbonyl (C=O) groups excluding carboxylic acids is 2. The fourth-order valence-corrected chi connectivity index (χ4v) is 2.43. The van der Waals surface area contributed by atoms with E-state index in [1.807, 2.05) is 24.3 Å². The Labute approximate surface area is 168 Å². The number of amides is 2. The molecule has 6 nitrogen and oxygen atoms in total. The highest BCUT2D eigenvalue weighted by atomic mass is 32.1. The van der Waals surface area contributed by atoms with E-state index in [0.29, 0.717) is 11.7 Å². The largest absolute Gasteiger partial charge is 0.484 e. The molecule has 0 spiro atoms. The second-order valence-electron chi connectivity index (χ2n) is 6.10. The van der Waals surface area contributed by atoms with Gasteiger partial charge in [-0.05, 0) is 54.4 Å². The van der Waals surface area contributed by atoms with Gasteiger partial charge in [-0.1, -0.05) is 38.1 Å². The minimum absolute atomic E-state index is 0.151. The molecule has 3 N–H and O–H groups in total. The number of hydrazine groups is 1. The summed E-state index contributed by atoms with van der Waals surface area (Å²) in [4.78, 5) is 23.7. The number of nitrogens with one attached hydrogen (secondary N) is 3. The molecule has 148 valence electrons. The van der Waals surface area contributed by atoms with Crippen molar-refractivity contribution in [3.8, 4) is 5.75 Å². The standard InChI is InChI=1S/C20H22FN3O3S/c1-3-13(2)14-8-10-15(11-9-14)27-12-18(25)23-24-20(28)22-19(26)16-6-4-5-7-17(16)21/h4-11,13H,3,12H2,1-2H3,(H,23,25)(H2,22,24,26,28). The summed E-state index contributed by atoms with van der Waals surface area (Å²) in [5.74, 6) is -0.852. The molecule has 0 aliphatic carbocycles. The van der Waals surface area contributed by atoms with Gasteiger partial charge >= 0.3 is 0 Å². The van der Waals surface area contributed by atoms with Gasteiger partial charge in [0.15, 0.2) is 11.7 Å². The topological polar surface area (TPSA) is 79.5 Å². The van der Waals surface area contributed by atoms with Crippen LogP contribution in [0.1, 0.15) is 42.1 Å². The number of hydrogen-bond donors (Lipinski definition) is 3. The number of ether oxygens (including phenoxy) is 1. The third-order valence-corrected chi connectivity index (χ3v) is 4.30. The molecule has 28 heavy (non-hydrogen) atoms. The fraction of sp³-hybridized carbons (Fsp3) is 0.250. The second kappa shape index (κ2) is 10.4. The van der Waals surface area contributed by atoms with Crippen LogP contribution in [0.2, 0.25) is 0 Å². The summed E-state index contributed by atoms with van der Waals surface area (Å²) in [5, 5.41) is 2.11. The van der Waals surface area contributed by atoms with E-state index in [9.17, 15) is 14.0 Å². The van der Waals surface area contributed by atoms with E-state index in [1.165, 1.54) is 29.8 Å². The van der Waals surface area contributed by atoms with Crippen molar-refractivity contribution in [3.05, 3.63) is 65.5 Å². The zero-order valence-electron chi connectivity index (χ0n) is 15.6. The predicted octanol–water partition coefficient (Wildman–Crippen LogP) is 3.05. The van der Waals surface area contributed by atoms with Crippen LogP contribution in [0.15, 0.2) is 48.5 Å². The smallest absolute Gasteiger partial charge is 0.276 e. The number of thiocarbonyl (C=S) groups is 1. The highest BCUT2D eigenvalue weighted by Crippen LogP contribution is 2.21. The molecule has 0 radical (unpaired) electrons. The first-order valence-corrected chi connectivity index (χ1v) is 9.19. The molecule has 0 aliphatic rings. The van der Waals surface area contributed by atoms with E-state index in [4.69, 9.17) is 17.0 Å². The molecule has 0 saturated heterocycles. The van der Waals surface area contributed by atoms with Gasteiger partial charge in [-0.25, -0.2) is 4.39 Å². The van der Waals surface area contributed by atoms with Crippen LogP contribution < -0.4 is 20.9 Å². The molecule has 0 aromatic heterocycles. The fourth-order valence-electron chi connectivity index (χ4n) is 2.29. The van der Waals surface area contributed by atoms with Gasteiger partial charge in [0.2, 0.25) is 0 Å². The van der Waals surface area contributed by atoms with E-state index in [0.717, 1.165) is 6.42 Å². The summed E-state index contributed by atoms with van der Waals surface area (Å²) in [7, 11) is 0. The van der Waals surface area contributed by atoms with E-state index >= 15 is 0 Å². The van der Waals surface area contributed by atoms with E-state index in [-0.39, 0.29) is 17.3 Å². The molecule has 0 fully saturated rings. The van der Waals surface area contributed by atoms with Gasteiger partial charge in [0.25, 0.3) is 11.8 Å². The lowest BCUT2D eigenvalue weighted by Crippen LogP contribution is -2.49. The molecule has 0 aliphatic heterocycles. The number of halogens is 1. The van der Waals surface area contributed by atoms with Crippen LogP contribution in [0, 0.1) is 5.82 Å². The van der Waals surface area contributed by atoms with Gasteiger partial charge in [0, 0.05) is 0 Å². The van der Waals surface area contributed by atoms with Crippen LogP contribution in [0.5, 0.6) is 5.75 Å². The molecule has 0 bridgehead atoms. The predicted molar refractivity (Wildman–Crippen MR) is 108 cm³/mol. The summed E-state index contributed by atoms with van der Waals surface area (Å²) >= 11 is 4.90. The zero-order chi connectivity index (χ0) is 20.5. The molecule has 1 atom stereocenters. The van der Waals surface area contributed by atoms with Gasteiger partial charge in [-0.15, -0.1) is 0 Å². The highest BCUT2D eigenvalue weighted by Gasteiger charge is 2.12. The molecule has 0 heterocycles. The van der Waals surface area contributed by atoms with Crippen molar-refractivity contribution in [2.75, 3.05) is 6.61 Å². The molecule has 0 saturated carbocycles. The molecule has 1 unspecified atom stereocenters. The molecular weight excluding hydrogens is 381 g/mol. The second-order valence-corrected chi connectivity index (χ2v) is 6.51. The highest BCUT2D eigenvalue weighted by molar-refractivity contribution is 7.80. The van der Waals surface area contributed by atoms with Crippen molar-refractivity contribution in [3.63, 3.8) is 0 Å². The lowest BCUT2D eigenvalue weighted by molar-refractivity contribution is -0.123. The van der Waals surface area contributed by atoms with Gasteiger partial charge in [-0.2, -0.15) is 0 Å². The van der Waals surface area contributed by atoms with Crippen molar-refractivity contribution >= 4 is 29.1 Å². The average molecular weight is 403 g/mol. The molecular formula is C20H22FN3O3S. The SMILES string of the molecule is CCC(C)c1ccc(OCC(=O)NNC(=S)NC(=O)c2ccccc2F)cc1. The minimum atomic E-state index is -0.720. The van der Waals surface area contributed by atoms with Gasteiger partial charge in [0.05, 0.1) is 5.56 Å². The summed E-state index contributed by atoms with van der Waals surface area (Å²) < 4.78 is 18.9. The number of benzene rings is 2. The Morgan fingerprint density at radius 2 is 1.79 bits per heavy atom. The Morgan fingerprint density at radius 3 is 2.43 bits per heavy atom. The van der Waals surface area contributed by atoms with Gasteiger partial charge in [0.1, 0.15) is 11.6 Å². The van der Waals surface area contributed by atoms with E-state index < -0.39 is 17.6 Å². The maximum absolute atomic E-state index is 13.5. The summed E-state index contributed by atoms with van der Waals surface area (Å²) in [6, 6.07) is 13.0. The summed E-state index contributed by atoms with van der Waals surface area (Å²) in [6.07, 6.45) is 1.04. The minimum Gasteiger partial charge on any atom is -0.484 e. The first-order valence-electron chi connectivity index (χ1n) is 8.78. The number of carbonyl (C=O) groups is 2. The van der Waals surface area contributed by atoms with E-state index in [1.54, 1.807) is 0 Å². The summed E-state index contributed by atoms with van der Waals surface area (Å²) in [6.45, 7) is 4.03. The number of rotatable bonds is 6. The Balaban J connectivity index is 1.74. The Kier molecular flexibility index (Phi) is 7.88. The Hall–Kier alpha value is -3.00. The molecule has 2 amide bonds. The lowest BCUT2D eigenvalue weighted by Gasteiger charge is -2.12. The van der Waals surface area contributed by atoms with Gasteiger partial charge < -0.3 is 4.74 Å². The maximum Gasteiger partial charge on any atom is 0.276 e. The molecule has 2 aromatic carbocycles. The normalized spacial score (nSPS) is 11.2. The van der Waals surface area contributed by atoms with Crippen LogP contribution in [0.25, 0.3) is 0 Å². The van der Waals surface area contributed by atoms with Gasteiger partial charge in [-0.3, -0.25) is 25.8 Å². The molecule has 2 aromatic rings. The summed E-state index contributed by atoms with van der Waals surface area (Å²) in [5.41, 5.74) is 5.72. The average Bonchev–Trinajstić information content (AvgIpc) is 2.70. The third-order valence-electron chi connectivity index (χ3n) is 4.09. The zero-order valence-corrected chi connectivity index (χ0v) is 16.4. The van der Waals surface area contributed by atoms with Crippen molar-refractivity contribution in [2.24, 2.45) is 0 Å². The van der Waals surface area contributed by atoms with Crippen molar-refractivity contribution in [1.29, 1.82) is 0 Å². The van der Waals surface area contributed by atoms with Crippen LogP contribution in [-0.2, 0) is 4.79 Å². The van der Waals surface area contributed by atoms with Crippen molar-refractivity contribution in [1.82, 2.24) is 16.2 Å². The van der Waals surface area contributed by atoms with Crippen molar-refractivity contribution < 1.29 is 18.7 Å². The van der Waals surface area contributed by atoms with Crippen LogP contribution in [-0.4, -0.2) is 23.5 Å². The monoisotopic (exact) mass is 403 g/mol. The van der Waals surface area contributed by atoms with Crippen LogP contribution in [0.3, 0.4) is 0 Å². The molecule has 8 heteroatoms. The first kappa shape index (κ1) is 21.3.